The van der Waals surface area contributed by atoms with E-state index < -0.39 is 5.97 Å². The third kappa shape index (κ3) is 2.72. The molecule has 0 aliphatic rings. The van der Waals surface area contributed by atoms with Crippen molar-refractivity contribution in [3.05, 3.63) is 22.6 Å². The van der Waals surface area contributed by atoms with Gasteiger partial charge in [-0.1, -0.05) is 18.3 Å². The van der Waals surface area contributed by atoms with Gasteiger partial charge < -0.3 is 5.11 Å². The molecule has 7 heteroatoms. The van der Waals surface area contributed by atoms with E-state index in [0.29, 0.717) is 11.7 Å². The van der Waals surface area contributed by atoms with E-state index in [-0.39, 0.29) is 17.0 Å². The molecule has 0 unspecified atom stereocenters. The number of nitrogens with one attached hydrogen (secondary N) is 1. The van der Waals surface area contributed by atoms with Crippen molar-refractivity contribution in [3.8, 4) is 0 Å². The van der Waals surface area contributed by atoms with Gasteiger partial charge in [0.25, 0.3) is 0 Å². The standard InChI is InChI=1S/C8H11N3O3S/c1-3-11-7(14)9-10-8(11)15-4-5(2)6(12)13/h2-4H2,1H3,(H,9,14)(H,12,13). The van der Waals surface area contributed by atoms with Crippen LogP contribution in [0.25, 0.3) is 0 Å². The number of carboxylic acids is 1. The van der Waals surface area contributed by atoms with Crippen molar-refractivity contribution in [2.24, 2.45) is 0 Å². The second-order valence-corrected chi connectivity index (χ2v) is 3.70. The number of hydrogen-bond acceptors (Lipinski definition) is 4. The molecule has 0 amide bonds. The predicted molar refractivity (Wildman–Crippen MR) is 56.0 cm³/mol. The van der Waals surface area contributed by atoms with Gasteiger partial charge in [-0.2, -0.15) is 0 Å². The monoisotopic (exact) mass is 229 g/mol. The summed E-state index contributed by atoms with van der Waals surface area (Å²) in [5, 5.41) is 15.1. The van der Waals surface area contributed by atoms with Crippen molar-refractivity contribution in [1.82, 2.24) is 14.8 Å². The molecule has 0 bridgehead atoms. The Kier molecular flexibility index (Phi) is 3.73. The first-order chi connectivity index (χ1) is 7.06. The van der Waals surface area contributed by atoms with E-state index in [0.717, 1.165) is 0 Å². The molecule has 0 aromatic carbocycles. The molecule has 0 saturated carbocycles. The molecular formula is C8H11N3O3S. The summed E-state index contributed by atoms with van der Waals surface area (Å²) in [5.74, 6) is -0.831. The molecule has 0 atom stereocenters. The minimum atomic E-state index is -1.04. The maximum Gasteiger partial charge on any atom is 0.343 e. The number of H-pyrrole nitrogens is 1. The second-order valence-electron chi connectivity index (χ2n) is 2.75. The Hall–Kier alpha value is -1.50. The highest BCUT2D eigenvalue weighted by molar-refractivity contribution is 7.99. The fraction of sp³-hybridized carbons (Fsp3) is 0.375. The molecule has 82 valence electrons. The number of carboxylic acid groups (broad SMARTS) is 1. The summed E-state index contributed by atoms with van der Waals surface area (Å²) in [4.78, 5) is 21.6. The molecule has 1 aromatic rings. The van der Waals surface area contributed by atoms with E-state index >= 15 is 0 Å². The van der Waals surface area contributed by atoms with Crippen LogP contribution in [-0.2, 0) is 11.3 Å². The molecule has 0 fully saturated rings. The molecule has 6 nitrogen and oxygen atoms in total. The molecule has 1 aromatic heterocycles. The summed E-state index contributed by atoms with van der Waals surface area (Å²) in [6.07, 6.45) is 0. The number of aromatic nitrogens is 3. The molecule has 1 heterocycles. The number of hydrogen-bond donors (Lipinski definition) is 2. The minimum absolute atomic E-state index is 0.0816. The summed E-state index contributed by atoms with van der Waals surface area (Å²) in [6, 6.07) is 0. The lowest BCUT2D eigenvalue weighted by atomic mass is 10.4. The first-order valence-electron chi connectivity index (χ1n) is 4.25. The normalized spacial score (nSPS) is 10.2. The lowest BCUT2D eigenvalue weighted by Crippen LogP contribution is -2.16. The Balaban J connectivity index is 2.69. The summed E-state index contributed by atoms with van der Waals surface area (Å²) < 4.78 is 1.43. The van der Waals surface area contributed by atoms with Crippen LogP contribution in [0.2, 0.25) is 0 Å². The largest absolute Gasteiger partial charge is 0.478 e. The van der Waals surface area contributed by atoms with Crippen LogP contribution in [0.3, 0.4) is 0 Å². The second kappa shape index (κ2) is 4.83. The lowest BCUT2D eigenvalue weighted by molar-refractivity contribution is -0.132. The fourth-order valence-corrected chi connectivity index (χ4v) is 1.81. The van der Waals surface area contributed by atoms with Gasteiger partial charge in [0, 0.05) is 17.9 Å². The zero-order valence-corrected chi connectivity index (χ0v) is 9.00. The van der Waals surface area contributed by atoms with Crippen molar-refractivity contribution in [2.45, 2.75) is 18.6 Å². The van der Waals surface area contributed by atoms with Crippen LogP contribution in [0.1, 0.15) is 6.92 Å². The van der Waals surface area contributed by atoms with E-state index in [1.165, 1.54) is 16.3 Å². The van der Waals surface area contributed by atoms with Crippen LogP contribution in [0.4, 0.5) is 0 Å². The first kappa shape index (κ1) is 11.6. The van der Waals surface area contributed by atoms with Crippen molar-refractivity contribution in [2.75, 3.05) is 5.75 Å². The third-order valence-corrected chi connectivity index (χ3v) is 2.78. The fourth-order valence-electron chi connectivity index (χ4n) is 0.906. The zero-order chi connectivity index (χ0) is 11.4. The average molecular weight is 229 g/mol. The molecule has 2 N–H and O–H groups in total. The summed E-state index contributed by atoms with van der Waals surface area (Å²) in [5.41, 5.74) is -0.209. The summed E-state index contributed by atoms with van der Waals surface area (Å²) >= 11 is 1.17. The average Bonchev–Trinajstić information content (AvgIpc) is 2.55. The van der Waals surface area contributed by atoms with Gasteiger partial charge in [-0.25, -0.2) is 14.7 Å². The molecule has 0 radical (unpaired) electrons. The van der Waals surface area contributed by atoms with Crippen LogP contribution in [0.5, 0.6) is 0 Å². The zero-order valence-electron chi connectivity index (χ0n) is 8.19. The number of aromatic amines is 1. The van der Waals surface area contributed by atoms with E-state index in [4.69, 9.17) is 5.11 Å². The molecule has 0 spiro atoms. The van der Waals surface area contributed by atoms with Crippen LogP contribution in [0.15, 0.2) is 22.1 Å². The van der Waals surface area contributed by atoms with E-state index in [2.05, 4.69) is 16.8 Å². The quantitative estimate of drug-likeness (QED) is 0.561. The van der Waals surface area contributed by atoms with Gasteiger partial charge in [0.15, 0.2) is 5.16 Å². The van der Waals surface area contributed by atoms with Gasteiger partial charge >= 0.3 is 11.7 Å². The SMILES string of the molecule is C=C(CSc1n[nH]c(=O)n1CC)C(=O)O. The van der Waals surface area contributed by atoms with Crippen molar-refractivity contribution in [1.29, 1.82) is 0 Å². The van der Waals surface area contributed by atoms with Gasteiger partial charge in [-0.15, -0.1) is 5.10 Å². The Morgan fingerprint density at radius 1 is 1.73 bits per heavy atom. The maximum atomic E-state index is 11.1. The number of rotatable bonds is 5. The van der Waals surface area contributed by atoms with E-state index in [1.807, 2.05) is 6.92 Å². The Morgan fingerprint density at radius 3 is 2.93 bits per heavy atom. The Labute approximate surface area is 90.0 Å². The van der Waals surface area contributed by atoms with Crippen molar-refractivity contribution >= 4 is 17.7 Å². The number of nitrogens with zero attached hydrogens (tertiary/aromatic N) is 2. The maximum absolute atomic E-state index is 11.1. The molecule has 1 rings (SSSR count). The molecular weight excluding hydrogens is 218 g/mol. The van der Waals surface area contributed by atoms with Crippen LogP contribution >= 0.6 is 11.8 Å². The highest BCUT2D eigenvalue weighted by Crippen LogP contribution is 2.15. The van der Waals surface area contributed by atoms with E-state index in [1.54, 1.807) is 0 Å². The highest BCUT2D eigenvalue weighted by Gasteiger charge is 2.10. The summed E-state index contributed by atoms with van der Waals surface area (Å²) in [6.45, 7) is 5.70. The third-order valence-electron chi connectivity index (χ3n) is 1.72. The van der Waals surface area contributed by atoms with Gasteiger partial charge in [0.1, 0.15) is 0 Å². The summed E-state index contributed by atoms with van der Waals surface area (Å²) in [7, 11) is 0. The topological polar surface area (TPSA) is 88.0 Å². The highest BCUT2D eigenvalue weighted by atomic mass is 32.2. The molecule has 0 aliphatic carbocycles. The molecule has 0 saturated heterocycles. The Bertz CT molecular complexity index is 435. The number of carbonyl (C=O) groups is 1. The van der Waals surface area contributed by atoms with E-state index in [9.17, 15) is 9.59 Å². The smallest absolute Gasteiger partial charge is 0.343 e. The van der Waals surface area contributed by atoms with Crippen LogP contribution in [0, 0.1) is 0 Å². The van der Waals surface area contributed by atoms with Gasteiger partial charge in [0.2, 0.25) is 0 Å². The van der Waals surface area contributed by atoms with Crippen LogP contribution in [-0.4, -0.2) is 31.6 Å². The lowest BCUT2D eigenvalue weighted by Gasteiger charge is -2.01. The predicted octanol–water partition coefficient (Wildman–Crippen LogP) is 0.324. The Morgan fingerprint density at radius 2 is 2.40 bits per heavy atom. The van der Waals surface area contributed by atoms with Crippen LogP contribution < -0.4 is 5.69 Å². The van der Waals surface area contributed by atoms with Gasteiger partial charge in [0.05, 0.1) is 0 Å². The molecule has 15 heavy (non-hydrogen) atoms. The minimum Gasteiger partial charge on any atom is -0.478 e. The molecule has 0 aliphatic heterocycles. The van der Waals surface area contributed by atoms with Gasteiger partial charge in [-0.05, 0) is 6.92 Å². The number of aliphatic carboxylic acids is 1. The van der Waals surface area contributed by atoms with Crippen molar-refractivity contribution < 1.29 is 9.90 Å². The van der Waals surface area contributed by atoms with Gasteiger partial charge in [-0.3, -0.25) is 4.57 Å². The first-order valence-corrected chi connectivity index (χ1v) is 5.24. The number of thioether (sulfide) groups is 1. The van der Waals surface area contributed by atoms with Crippen molar-refractivity contribution in [3.63, 3.8) is 0 Å².